The Kier molecular flexibility index (Phi) is 5.07. The van der Waals surface area contributed by atoms with Crippen LogP contribution in [0, 0.1) is 13.8 Å². The molecular weight excluding hydrogens is 258 g/mol. The van der Waals surface area contributed by atoms with Crippen LogP contribution in [0.15, 0.2) is 12.1 Å². The van der Waals surface area contributed by atoms with E-state index in [0.29, 0.717) is 24.2 Å². The number of carbonyl (C=O) groups excluding carboxylic acids is 1. The molecule has 0 aromatic carbocycles. The molecule has 6 nitrogen and oxygen atoms in total. The van der Waals surface area contributed by atoms with Crippen molar-refractivity contribution in [3.05, 3.63) is 23.5 Å². The Labute approximate surface area is 118 Å². The summed E-state index contributed by atoms with van der Waals surface area (Å²) in [5, 5.41) is 14.5. The summed E-state index contributed by atoms with van der Waals surface area (Å²) in [5.41, 5.74) is 0.875. The molecule has 0 aliphatic heterocycles. The lowest BCUT2D eigenvalue weighted by molar-refractivity contribution is -0.144. The topological polar surface area (TPSA) is 91.3 Å². The Balaban J connectivity index is 2.83. The summed E-state index contributed by atoms with van der Waals surface area (Å²) < 4.78 is 0. The highest BCUT2D eigenvalue weighted by atomic mass is 16.4. The minimum absolute atomic E-state index is 0.317. The summed E-state index contributed by atoms with van der Waals surface area (Å²) in [7, 11) is 0. The van der Waals surface area contributed by atoms with Gasteiger partial charge >= 0.3 is 12.0 Å². The van der Waals surface area contributed by atoms with Crippen LogP contribution in [-0.2, 0) is 4.79 Å². The van der Waals surface area contributed by atoms with Gasteiger partial charge in [-0.1, -0.05) is 13.8 Å². The predicted molar refractivity (Wildman–Crippen MR) is 76.8 cm³/mol. The highest BCUT2D eigenvalue weighted by Crippen LogP contribution is 2.17. The van der Waals surface area contributed by atoms with Crippen LogP contribution in [0.1, 0.15) is 38.1 Å². The zero-order valence-corrected chi connectivity index (χ0v) is 12.3. The molecule has 1 rings (SSSR count). The molecule has 20 heavy (non-hydrogen) atoms. The molecule has 1 aromatic heterocycles. The van der Waals surface area contributed by atoms with Gasteiger partial charge in [-0.3, -0.25) is 4.98 Å². The fraction of sp³-hybridized carbons (Fsp3) is 0.500. The van der Waals surface area contributed by atoms with Crippen molar-refractivity contribution in [3.8, 4) is 0 Å². The summed E-state index contributed by atoms with van der Waals surface area (Å²) in [6, 6.07) is 2.99. The summed E-state index contributed by atoms with van der Waals surface area (Å²) in [6.45, 7) is 7.11. The molecule has 0 saturated carbocycles. The largest absolute Gasteiger partial charge is 0.480 e. The molecule has 1 heterocycles. The monoisotopic (exact) mass is 279 g/mol. The second-order valence-electron chi connectivity index (χ2n) is 4.76. The van der Waals surface area contributed by atoms with Gasteiger partial charge in [-0.15, -0.1) is 0 Å². The summed E-state index contributed by atoms with van der Waals surface area (Å²) >= 11 is 0. The lowest BCUT2D eigenvalue weighted by Gasteiger charge is -2.28. The van der Waals surface area contributed by atoms with Gasteiger partial charge < -0.3 is 15.7 Å². The molecule has 0 bridgehead atoms. The average molecular weight is 279 g/mol. The van der Waals surface area contributed by atoms with Crippen LogP contribution >= 0.6 is 0 Å². The number of carboxylic acids is 1. The summed E-state index contributed by atoms with van der Waals surface area (Å²) in [6.07, 6.45) is 0.634. The molecule has 0 atom stereocenters. The number of urea groups is 1. The van der Waals surface area contributed by atoms with Crippen molar-refractivity contribution in [3.63, 3.8) is 0 Å². The van der Waals surface area contributed by atoms with Crippen molar-refractivity contribution < 1.29 is 14.7 Å². The second-order valence-corrected chi connectivity index (χ2v) is 4.76. The van der Waals surface area contributed by atoms with E-state index in [2.05, 4.69) is 15.6 Å². The predicted octanol–water partition coefficient (Wildman–Crippen LogP) is 2.46. The van der Waals surface area contributed by atoms with E-state index in [1.165, 1.54) is 0 Å². The molecular formula is C14H21N3O3. The number of hydrogen-bond donors (Lipinski definition) is 3. The van der Waals surface area contributed by atoms with Crippen LogP contribution in [0.3, 0.4) is 0 Å². The first kappa shape index (κ1) is 15.9. The van der Waals surface area contributed by atoms with Crippen LogP contribution in [-0.4, -0.2) is 27.6 Å². The molecule has 0 spiro atoms. The Bertz CT molecular complexity index is 510. The van der Waals surface area contributed by atoms with Gasteiger partial charge in [0.15, 0.2) is 0 Å². The molecule has 2 amide bonds. The van der Waals surface area contributed by atoms with E-state index >= 15 is 0 Å². The molecule has 1 aromatic rings. The maximum Gasteiger partial charge on any atom is 0.329 e. The third-order valence-electron chi connectivity index (χ3n) is 3.44. The van der Waals surface area contributed by atoms with Gasteiger partial charge in [-0.2, -0.15) is 0 Å². The molecule has 0 unspecified atom stereocenters. The third-order valence-corrected chi connectivity index (χ3v) is 3.44. The lowest BCUT2D eigenvalue weighted by atomic mass is 9.93. The standard InChI is InChI=1S/C14H21N3O3/c1-5-14(6-2,12(18)19)17-13(20)16-11-8-7-9(3)15-10(11)4/h7-8H,5-6H2,1-4H3,(H,18,19)(H2,16,17,20). The van der Waals surface area contributed by atoms with Gasteiger partial charge in [0, 0.05) is 5.69 Å². The van der Waals surface area contributed by atoms with E-state index in [0.717, 1.165) is 5.69 Å². The van der Waals surface area contributed by atoms with Gasteiger partial charge in [-0.25, -0.2) is 9.59 Å². The van der Waals surface area contributed by atoms with Crippen molar-refractivity contribution in [2.24, 2.45) is 0 Å². The molecule has 110 valence electrons. The first-order valence-electron chi connectivity index (χ1n) is 6.61. The smallest absolute Gasteiger partial charge is 0.329 e. The average Bonchev–Trinajstić information content (AvgIpc) is 2.39. The van der Waals surface area contributed by atoms with E-state index in [1.807, 2.05) is 6.92 Å². The van der Waals surface area contributed by atoms with Gasteiger partial charge in [0.25, 0.3) is 0 Å². The third kappa shape index (κ3) is 3.46. The van der Waals surface area contributed by atoms with Gasteiger partial charge in [0.2, 0.25) is 0 Å². The number of pyridine rings is 1. The number of nitrogens with one attached hydrogen (secondary N) is 2. The number of hydrogen-bond acceptors (Lipinski definition) is 3. The highest BCUT2D eigenvalue weighted by molar-refractivity contribution is 5.94. The van der Waals surface area contributed by atoms with E-state index in [9.17, 15) is 14.7 Å². The number of nitrogens with zero attached hydrogens (tertiary/aromatic N) is 1. The SMILES string of the molecule is CCC(CC)(NC(=O)Nc1ccc(C)nc1C)C(=O)O. The number of aromatic nitrogens is 1. The van der Waals surface area contributed by atoms with Crippen molar-refractivity contribution in [1.82, 2.24) is 10.3 Å². The zero-order chi connectivity index (χ0) is 15.3. The van der Waals surface area contributed by atoms with Gasteiger partial charge in [-0.05, 0) is 38.8 Å². The highest BCUT2D eigenvalue weighted by Gasteiger charge is 2.36. The van der Waals surface area contributed by atoms with Crippen molar-refractivity contribution in [1.29, 1.82) is 0 Å². The molecule has 0 aliphatic carbocycles. The minimum Gasteiger partial charge on any atom is -0.480 e. The normalized spacial score (nSPS) is 11.0. The minimum atomic E-state index is -1.24. The second kappa shape index (κ2) is 6.36. The quantitative estimate of drug-likeness (QED) is 0.772. The molecule has 3 N–H and O–H groups in total. The van der Waals surface area contributed by atoms with Crippen molar-refractivity contribution in [2.45, 2.75) is 46.1 Å². The van der Waals surface area contributed by atoms with Crippen LogP contribution in [0.2, 0.25) is 0 Å². The first-order chi connectivity index (χ1) is 9.34. The molecule has 0 saturated heterocycles. The van der Waals surface area contributed by atoms with E-state index < -0.39 is 17.5 Å². The number of anilines is 1. The maximum atomic E-state index is 12.0. The van der Waals surface area contributed by atoms with Crippen LogP contribution in [0.5, 0.6) is 0 Å². The van der Waals surface area contributed by atoms with Crippen LogP contribution in [0.25, 0.3) is 0 Å². The fourth-order valence-corrected chi connectivity index (χ4v) is 1.97. The number of carbonyl (C=O) groups is 2. The number of carboxylic acid groups (broad SMARTS) is 1. The van der Waals surface area contributed by atoms with Gasteiger partial charge in [0.05, 0.1) is 11.4 Å². The Morgan fingerprint density at radius 3 is 2.30 bits per heavy atom. The van der Waals surface area contributed by atoms with Crippen molar-refractivity contribution in [2.75, 3.05) is 5.32 Å². The lowest BCUT2D eigenvalue weighted by Crippen LogP contribution is -2.55. The Hall–Kier alpha value is -2.11. The molecule has 0 fully saturated rings. The van der Waals surface area contributed by atoms with Crippen molar-refractivity contribution >= 4 is 17.7 Å². The number of aliphatic carboxylic acids is 1. The molecule has 0 radical (unpaired) electrons. The molecule has 6 heteroatoms. The first-order valence-corrected chi connectivity index (χ1v) is 6.61. The van der Waals surface area contributed by atoms with Gasteiger partial charge in [0.1, 0.15) is 5.54 Å². The van der Waals surface area contributed by atoms with Crippen LogP contribution < -0.4 is 10.6 Å². The van der Waals surface area contributed by atoms with Crippen LogP contribution in [0.4, 0.5) is 10.5 Å². The summed E-state index contributed by atoms with van der Waals surface area (Å²) in [4.78, 5) is 27.5. The zero-order valence-electron chi connectivity index (χ0n) is 12.3. The number of rotatable bonds is 5. The maximum absolute atomic E-state index is 12.0. The number of aryl methyl sites for hydroxylation is 2. The number of amides is 2. The summed E-state index contributed by atoms with van der Waals surface area (Å²) in [5.74, 6) is -1.03. The van der Waals surface area contributed by atoms with E-state index in [1.54, 1.807) is 32.9 Å². The fourth-order valence-electron chi connectivity index (χ4n) is 1.97. The van der Waals surface area contributed by atoms with E-state index in [4.69, 9.17) is 0 Å². The molecule has 0 aliphatic rings. The Morgan fingerprint density at radius 1 is 1.25 bits per heavy atom. The van der Waals surface area contributed by atoms with E-state index in [-0.39, 0.29) is 0 Å². The Morgan fingerprint density at radius 2 is 1.85 bits per heavy atom.